The van der Waals surface area contributed by atoms with Crippen LogP contribution in [0.1, 0.15) is 33.2 Å². The summed E-state index contributed by atoms with van der Waals surface area (Å²) in [4.78, 5) is 23.9. The molecule has 0 fully saturated rings. The number of aldehydes is 1. The third-order valence-electron chi connectivity index (χ3n) is 4.26. The van der Waals surface area contributed by atoms with Gasteiger partial charge in [0.1, 0.15) is 17.6 Å². The lowest BCUT2D eigenvalue weighted by Crippen LogP contribution is -2.13. The lowest BCUT2D eigenvalue weighted by molar-refractivity contribution is 0.0724. The van der Waals surface area contributed by atoms with Crippen LogP contribution < -0.4 is 14.2 Å². The molecule has 5 nitrogen and oxygen atoms in total. The van der Waals surface area contributed by atoms with Gasteiger partial charge in [0.2, 0.25) is 0 Å². The summed E-state index contributed by atoms with van der Waals surface area (Å²) in [5.74, 6) is 0.423. The Balaban J connectivity index is 1.77. The van der Waals surface area contributed by atoms with Crippen molar-refractivity contribution >= 4 is 28.2 Å². The van der Waals surface area contributed by atoms with Crippen LogP contribution in [0.3, 0.4) is 0 Å². The van der Waals surface area contributed by atoms with Gasteiger partial charge in [-0.05, 0) is 48.9 Å². The molecule has 0 atom stereocenters. The summed E-state index contributed by atoms with van der Waals surface area (Å²) in [7, 11) is 0. The quantitative estimate of drug-likeness (QED) is 0.235. The van der Waals surface area contributed by atoms with E-state index in [4.69, 9.17) is 14.2 Å². The zero-order chi connectivity index (χ0) is 21.3. The molecule has 0 radical (unpaired) electrons. The summed E-state index contributed by atoms with van der Waals surface area (Å²) in [6.45, 7) is 2.61. The highest BCUT2D eigenvalue weighted by Gasteiger charge is 2.18. The van der Waals surface area contributed by atoms with Gasteiger partial charge in [0.25, 0.3) is 0 Å². The number of esters is 1. The Morgan fingerprint density at radius 1 is 0.933 bits per heavy atom. The summed E-state index contributed by atoms with van der Waals surface area (Å²) in [6, 6.07) is 19.8. The molecule has 30 heavy (non-hydrogen) atoms. The monoisotopic (exact) mass is 468 g/mol. The number of benzene rings is 3. The number of carbonyl (C=O) groups is 2. The Labute approximate surface area is 183 Å². The topological polar surface area (TPSA) is 61.8 Å². The zero-order valence-corrected chi connectivity index (χ0v) is 18.1. The maximum absolute atomic E-state index is 12.9. The average molecular weight is 469 g/mol. The van der Waals surface area contributed by atoms with Gasteiger partial charge in [0.05, 0.1) is 13.2 Å². The van der Waals surface area contributed by atoms with E-state index < -0.39 is 5.97 Å². The molecule has 0 aliphatic rings. The van der Waals surface area contributed by atoms with Crippen molar-refractivity contribution in [3.63, 3.8) is 0 Å². The first-order chi connectivity index (χ1) is 14.6. The van der Waals surface area contributed by atoms with E-state index in [1.54, 1.807) is 30.3 Å². The molecule has 3 rings (SSSR count). The SMILES string of the molecule is CCOc1cc(C=O)ccc1OC(=O)c1cc(Br)ccc1OCCc1ccccc1. The summed E-state index contributed by atoms with van der Waals surface area (Å²) in [5.41, 5.74) is 1.88. The van der Waals surface area contributed by atoms with Gasteiger partial charge in [-0.25, -0.2) is 4.79 Å². The first-order valence-corrected chi connectivity index (χ1v) is 10.3. The molecule has 0 aromatic heterocycles. The molecule has 0 unspecified atom stereocenters. The average Bonchev–Trinajstić information content (AvgIpc) is 2.76. The van der Waals surface area contributed by atoms with E-state index in [1.807, 2.05) is 37.3 Å². The molecule has 0 N–H and O–H groups in total. The van der Waals surface area contributed by atoms with Crippen LogP contribution in [-0.2, 0) is 6.42 Å². The van der Waals surface area contributed by atoms with E-state index >= 15 is 0 Å². The Bertz CT molecular complexity index is 1020. The number of carbonyl (C=O) groups excluding carboxylic acids is 2. The molecule has 0 saturated heterocycles. The number of ether oxygens (including phenoxy) is 3. The highest BCUT2D eigenvalue weighted by Crippen LogP contribution is 2.31. The molecule has 0 bridgehead atoms. The molecule has 6 heteroatoms. The summed E-state index contributed by atoms with van der Waals surface area (Å²) in [5, 5.41) is 0. The molecule has 154 valence electrons. The molecule has 3 aromatic rings. The van der Waals surface area contributed by atoms with Crippen LogP contribution in [0, 0.1) is 0 Å². The van der Waals surface area contributed by atoms with Crippen LogP contribution in [0.25, 0.3) is 0 Å². The van der Waals surface area contributed by atoms with Crippen molar-refractivity contribution in [1.29, 1.82) is 0 Å². The van der Waals surface area contributed by atoms with Crippen molar-refractivity contribution in [3.8, 4) is 17.2 Å². The van der Waals surface area contributed by atoms with Gasteiger partial charge in [-0.3, -0.25) is 4.79 Å². The summed E-state index contributed by atoms with van der Waals surface area (Å²) in [6.07, 6.45) is 1.42. The molecule has 0 heterocycles. The van der Waals surface area contributed by atoms with Crippen LogP contribution in [0.15, 0.2) is 71.2 Å². The predicted octanol–water partition coefficient (Wildman–Crippen LogP) is 5.50. The zero-order valence-electron chi connectivity index (χ0n) is 16.5. The minimum absolute atomic E-state index is 0.239. The van der Waals surface area contributed by atoms with Gasteiger partial charge < -0.3 is 14.2 Å². The van der Waals surface area contributed by atoms with Crippen LogP contribution >= 0.6 is 15.9 Å². The molecule has 0 aliphatic carbocycles. The predicted molar refractivity (Wildman–Crippen MR) is 118 cm³/mol. The van der Waals surface area contributed by atoms with Crippen molar-refractivity contribution in [3.05, 3.63) is 87.9 Å². The van der Waals surface area contributed by atoms with Crippen molar-refractivity contribution in [2.45, 2.75) is 13.3 Å². The lowest BCUT2D eigenvalue weighted by Gasteiger charge is -2.14. The smallest absolute Gasteiger partial charge is 0.347 e. The fourth-order valence-corrected chi connectivity index (χ4v) is 3.18. The summed E-state index contributed by atoms with van der Waals surface area (Å²) >= 11 is 3.39. The normalized spacial score (nSPS) is 10.3. The van der Waals surface area contributed by atoms with E-state index in [1.165, 1.54) is 6.07 Å². The fraction of sp³-hybridized carbons (Fsp3) is 0.167. The van der Waals surface area contributed by atoms with E-state index in [-0.39, 0.29) is 5.75 Å². The van der Waals surface area contributed by atoms with Crippen molar-refractivity contribution in [1.82, 2.24) is 0 Å². The van der Waals surface area contributed by atoms with Gasteiger partial charge >= 0.3 is 5.97 Å². The minimum atomic E-state index is -0.578. The van der Waals surface area contributed by atoms with Crippen LogP contribution in [0.4, 0.5) is 0 Å². The Kier molecular flexibility index (Phi) is 7.63. The maximum Gasteiger partial charge on any atom is 0.347 e. The van der Waals surface area contributed by atoms with Crippen LogP contribution in [-0.4, -0.2) is 25.5 Å². The molecular formula is C24H21BrO5. The lowest BCUT2D eigenvalue weighted by atomic mass is 10.1. The third-order valence-corrected chi connectivity index (χ3v) is 4.75. The number of halogens is 1. The third kappa shape index (κ3) is 5.70. The first-order valence-electron chi connectivity index (χ1n) is 9.51. The Hall–Kier alpha value is -3.12. The van der Waals surface area contributed by atoms with E-state index in [0.717, 1.165) is 10.0 Å². The molecule has 0 amide bonds. The largest absolute Gasteiger partial charge is 0.492 e. The fourth-order valence-electron chi connectivity index (χ4n) is 2.82. The maximum atomic E-state index is 12.9. The number of hydrogen-bond donors (Lipinski definition) is 0. The molecule has 3 aromatic carbocycles. The van der Waals surface area contributed by atoms with Gasteiger partial charge in [-0.2, -0.15) is 0 Å². The van der Waals surface area contributed by atoms with Gasteiger partial charge in [0.15, 0.2) is 11.5 Å². The second kappa shape index (κ2) is 10.6. The van der Waals surface area contributed by atoms with Crippen molar-refractivity contribution in [2.24, 2.45) is 0 Å². The second-order valence-electron chi connectivity index (χ2n) is 6.37. The highest BCUT2D eigenvalue weighted by molar-refractivity contribution is 9.10. The van der Waals surface area contributed by atoms with Crippen molar-refractivity contribution in [2.75, 3.05) is 13.2 Å². The summed E-state index contributed by atoms with van der Waals surface area (Å²) < 4.78 is 17.7. The van der Waals surface area contributed by atoms with E-state index in [9.17, 15) is 9.59 Å². The standard InChI is InChI=1S/C24H21BrO5/c1-2-28-23-14-18(16-26)8-10-22(23)30-24(27)20-15-19(25)9-11-21(20)29-13-12-17-6-4-3-5-7-17/h3-11,14-16H,2,12-13H2,1H3. The van der Waals surface area contributed by atoms with Gasteiger partial charge in [-0.1, -0.05) is 46.3 Å². The first kappa shape index (κ1) is 21.6. The van der Waals surface area contributed by atoms with E-state index in [2.05, 4.69) is 15.9 Å². The van der Waals surface area contributed by atoms with Gasteiger partial charge in [-0.15, -0.1) is 0 Å². The number of hydrogen-bond acceptors (Lipinski definition) is 5. The molecule has 0 spiro atoms. The highest BCUT2D eigenvalue weighted by atomic mass is 79.9. The molecule has 0 saturated carbocycles. The van der Waals surface area contributed by atoms with Crippen LogP contribution in [0.2, 0.25) is 0 Å². The van der Waals surface area contributed by atoms with Crippen molar-refractivity contribution < 1.29 is 23.8 Å². The molecular weight excluding hydrogens is 448 g/mol. The van der Waals surface area contributed by atoms with E-state index in [0.29, 0.717) is 48.5 Å². The number of rotatable bonds is 9. The molecule has 0 aliphatic heterocycles. The second-order valence-corrected chi connectivity index (χ2v) is 7.29. The van der Waals surface area contributed by atoms with Gasteiger partial charge in [0, 0.05) is 16.5 Å². The Morgan fingerprint density at radius 3 is 2.43 bits per heavy atom. The minimum Gasteiger partial charge on any atom is -0.492 e. The van der Waals surface area contributed by atoms with Crippen LogP contribution in [0.5, 0.6) is 17.2 Å². The Morgan fingerprint density at radius 2 is 1.70 bits per heavy atom.